The third-order valence-corrected chi connectivity index (χ3v) is 17.1. The number of carbonyl (C=O) groups is 2. The monoisotopic (exact) mass is 1210 g/mol. The standard InChI is InChI=1S/C75H139N2O7P/c1-7-10-13-16-19-22-25-28-30-32-34-36-37-38-39-41-43-45-47-50-53-56-59-62-65-68-75(79)84-73(66-63-60-57-54-51-48-27-24-21-18-15-12-9-3)72(71-83-85(80,81)82-70-69-77(4,5)6)76-74(78)67-64-61-58-55-52-49-46-44-42-40-35-33-31-29-26-23-20-17-14-11-8-2/h11,14,20,23,29,31,35,40,44,46,63,66,72-73H,7-10,12-13,15-19,21-22,24-28,30,32-34,36-39,41-43,45,47-62,64-65,67-71H2,1-6H3,(H-,76,78,80,81)/p+1/b14-11-,23-20-,31-29-,40-35-,46-44-,66-63+. The quantitative estimate of drug-likeness (QED) is 0.0205. The number of phosphoric acid groups is 1. The van der Waals surface area contributed by atoms with Crippen molar-refractivity contribution in [3.63, 3.8) is 0 Å². The third kappa shape index (κ3) is 65.7. The second-order valence-electron chi connectivity index (χ2n) is 25.7. The molecule has 496 valence electrons. The number of hydrogen-bond acceptors (Lipinski definition) is 6. The molecule has 85 heavy (non-hydrogen) atoms. The third-order valence-electron chi connectivity index (χ3n) is 16.2. The van der Waals surface area contributed by atoms with Crippen LogP contribution in [-0.4, -0.2) is 74.3 Å². The number of ether oxygens (including phenoxy) is 1. The van der Waals surface area contributed by atoms with Crippen LogP contribution in [0.5, 0.6) is 0 Å². The van der Waals surface area contributed by atoms with E-state index in [9.17, 15) is 19.0 Å². The van der Waals surface area contributed by atoms with Crippen LogP contribution < -0.4 is 5.32 Å². The summed E-state index contributed by atoms with van der Waals surface area (Å²) in [5.74, 6) is -0.514. The lowest BCUT2D eigenvalue weighted by atomic mass is 10.0. The fourth-order valence-electron chi connectivity index (χ4n) is 10.6. The Labute approximate surface area is 527 Å². The van der Waals surface area contributed by atoms with Crippen molar-refractivity contribution >= 4 is 19.7 Å². The highest BCUT2D eigenvalue weighted by Gasteiger charge is 2.30. The van der Waals surface area contributed by atoms with Crippen LogP contribution in [0.1, 0.15) is 342 Å². The molecular formula is C75H140N2O7P+. The van der Waals surface area contributed by atoms with Crippen LogP contribution in [0.3, 0.4) is 0 Å². The van der Waals surface area contributed by atoms with Crippen molar-refractivity contribution in [2.45, 2.75) is 354 Å². The first kappa shape index (κ1) is 82.5. The number of phosphoric ester groups is 1. The number of unbranched alkanes of at least 4 members (excludes halogenated alkanes) is 40. The van der Waals surface area contributed by atoms with Gasteiger partial charge in [0.2, 0.25) is 5.91 Å². The van der Waals surface area contributed by atoms with Crippen LogP contribution in [0.4, 0.5) is 0 Å². The number of rotatable bonds is 66. The molecule has 3 atom stereocenters. The molecule has 0 heterocycles. The zero-order valence-corrected chi connectivity index (χ0v) is 57.7. The molecule has 0 aromatic heterocycles. The molecule has 0 saturated carbocycles. The maximum absolute atomic E-state index is 13.6. The van der Waals surface area contributed by atoms with Crippen LogP contribution in [0.15, 0.2) is 72.9 Å². The van der Waals surface area contributed by atoms with Crippen LogP contribution >= 0.6 is 7.82 Å². The summed E-state index contributed by atoms with van der Waals surface area (Å²) in [5, 5.41) is 3.06. The molecule has 2 N–H and O–H groups in total. The number of esters is 1. The lowest BCUT2D eigenvalue weighted by molar-refractivity contribution is -0.870. The van der Waals surface area contributed by atoms with Crippen molar-refractivity contribution in [3.05, 3.63) is 72.9 Å². The van der Waals surface area contributed by atoms with E-state index in [-0.39, 0.29) is 31.5 Å². The lowest BCUT2D eigenvalue weighted by Gasteiger charge is -2.27. The molecule has 0 aromatic carbocycles. The normalized spacial score (nSPS) is 13.9. The van der Waals surface area contributed by atoms with E-state index in [1.54, 1.807) is 0 Å². The van der Waals surface area contributed by atoms with Gasteiger partial charge in [-0.15, -0.1) is 0 Å². The Morgan fingerprint density at radius 3 is 1.13 bits per heavy atom. The van der Waals surface area contributed by atoms with Crippen molar-refractivity contribution < 1.29 is 37.3 Å². The van der Waals surface area contributed by atoms with E-state index in [1.807, 2.05) is 33.3 Å². The molecular weight excluding hydrogens is 1070 g/mol. The molecule has 0 aliphatic carbocycles. The lowest BCUT2D eigenvalue weighted by Crippen LogP contribution is -2.47. The van der Waals surface area contributed by atoms with E-state index in [1.165, 1.54) is 199 Å². The zero-order valence-electron chi connectivity index (χ0n) is 56.9. The highest BCUT2D eigenvalue weighted by atomic mass is 31.2. The highest BCUT2D eigenvalue weighted by Crippen LogP contribution is 2.43. The maximum atomic E-state index is 13.6. The number of quaternary nitrogens is 1. The Morgan fingerprint density at radius 2 is 0.753 bits per heavy atom. The molecule has 0 aliphatic rings. The molecule has 0 fully saturated rings. The summed E-state index contributed by atoms with van der Waals surface area (Å²) < 4.78 is 30.8. The van der Waals surface area contributed by atoms with E-state index in [0.29, 0.717) is 17.4 Å². The first-order valence-electron chi connectivity index (χ1n) is 36.3. The van der Waals surface area contributed by atoms with Gasteiger partial charge in [-0.1, -0.05) is 325 Å². The van der Waals surface area contributed by atoms with Gasteiger partial charge in [0.05, 0.1) is 33.8 Å². The first-order valence-corrected chi connectivity index (χ1v) is 37.8. The molecule has 1 amide bonds. The van der Waals surface area contributed by atoms with Gasteiger partial charge in [-0.05, 0) is 76.7 Å². The molecule has 0 aromatic rings. The minimum atomic E-state index is -4.46. The van der Waals surface area contributed by atoms with Crippen molar-refractivity contribution in [1.82, 2.24) is 5.32 Å². The highest BCUT2D eigenvalue weighted by molar-refractivity contribution is 7.47. The Morgan fingerprint density at radius 1 is 0.424 bits per heavy atom. The SMILES string of the molecule is CC/C=C\C/C=C\C/C=C\C/C=C\C/C=C\CCCCCCCC(=O)NC(COP(=O)(O)OCC[N+](C)(C)C)C(/C=C/CCCCCCCCCCCCC)OC(=O)CCCCCCCCCCCCCCCCCCCCCCCCCCC. The second-order valence-corrected chi connectivity index (χ2v) is 27.2. The van der Waals surface area contributed by atoms with Gasteiger partial charge in [0.1, 0.15) is 19.3 Å². The largest absolute Gasteiger partial charge is 0.472 e. The van der Waals surface area contributed by atoms with Crippen LogP contribution in [-0.2, 0) is 27.9 Å². The average molecular weight is 1210 g/mol. The number of likely N-dealkylation sites (N-methyl/N-ethyl adjacent to an activating group) is 1. The van der Waals surface area contributed by atoms with Crippen LogP contribution in [0.25, 0.3) is 0 Å². The minimum Gasteiger partial charge on any atom is -0.456 e. The Kier molecular flexibility index (Phi) is 62.5. The van der Waals surface area contributed by atoms with Gasteiger partial charge < -0.3 is 19.4 Å². The molecule has 0 spiro atoms. The molecule has 9 nitrogen and oxygen atoms in total. The predicted molar refractivity (Wildman–Crippen MR) is 369 cm³/mol. The van der Waals surface area contributed by atoms with Gasteiger partial charge in [-0.2, -0.15) is 0 Å². The molecule has 0 aliphatic heterocycles. The van der Waals surface area contributed by atoms with Gasteiger partial charge in [0.15, 0.2) is 0 Å². The smallest absolute Gasteiger partial charge is 0.456 e. The maximum Gasteiger partial charge on any atom is 0.472 e. The van der Waals surface area contributed by atoms with E-state index in [0.717, 1.165) is 109 Å². The van der Waals surface area contributed by atoms with E-state index >= 15 is 0 Å². The van der Waals surface area contributed by atoms with Crippen molar-refractivity contribution in [1.29, 1.82) is 0 Å². The summed E-state index contributed by atoms with van der Waals surface area (Å²) in [6.07, 6.45) is 84.9. The number of allylic oxidation sites excluding steroid dienone is 11. The number of nitrogens with one attached hydrogen (secondary N) is 1. The van der Waals surface area contributed by atoms with Crippen LogP contribution in [0.2, 0.25) is 0 Å². The van der Waals surface area contributed by atoms with Crippen molar-refractivity contribution in [3.8, 4) is 0 Å². The Balaban J connectivity index is 5.10. The topological polar surface area (TPSA) is 111 Å². The number of carbonyl (C=O) groups excluding carboxylic acids is 2. The van der Waals surface area contributed by atoms with Gasteiger partial charge in [-0.3, -0.25) is 18.6 Å². The second kappa shape index (κ2) is 64.4. The summed E-state index contributed by atoms with van der Waals surface area (Å²) in [7, 11) is 1.49. The predicted octanol–water partition coefficient (Wildman–Crippen LogP) is 23.1. The van der Waals surface area contributed by atoms with E-state index < -0.39 is 20.0 Å². The molecule has 3 unspecified atom stereocenters. The van der Waals surface area contributed by atoms with E-state index in [4.69, 9.17) is 13.8 Å². The minimum absolute atomic E-state index is 0.0352. The Bertz CT molecular complexity index is 1680. The Hall–Kier alpha value is -2.55. The molecule has 10 heteroatoms. The van der Waals surface area contributed by atoms with Crippen LogP contribution in [0, 0.1) is 0 Å². The summed E-state index contributed by atoms with van der Waals surface area (Å²) in [6, 6.07) is -0.861. The molecule has 0 radical (unpaired) electrons. The number of amides is 1. The molecule has 0 bridgehead atoms. The fourth-order valence-corrected chi connectivity index (χ4v) is 11.4. The van der Waals surface area contributed by atoms with Crippen molar-refractivity contribution in [2.75, 3.05) is 40.9 Å². The summed E-state index contributed by atoms with van der Waals surface area (Å²) >= 11 is 0. The summed E-state index contributed by atoms with van der Waals surface area (Å²) in [4.78, 5) is 37.9. The van der Waals surface area contributed by atoms with Gasteiger partial charge >= 0.3 is 13.8 Å². The zero-order chi connectivity index (χ0) is 62.1. The first-order chi connectivity index (χ1) is 41.4. The summed E-state index contributed by atoms with van der Waals surface area (Å²) in [5.41, 5.74) is 0. The summed E-state index contributed by atoms with van der Waals surface area (Å²) in [6.45, 7) is 6.93. The number of hydrogen-bond donors (Lipinski definition) is 2. The molecule has 0 saturated heterocycles. The van der Waals surface area contributed by atoms with Crippen molar-refractivity contribution in [2.24, 2.45) is 0 Å². The average Bonchev–Trinajstić information content (AvgIpc) is 3.50. The number of nitrogens with zero attached hydrogens (tertiary/aromatic N) is 1. The van der Waals surface area contributed by atoms with Gasteiger partial charge in [-0.25, -0.2) is 4.57 Å². The fraction of sp³-hybridized carbons (Fsp3) is 0.813. The van der Waals surface area contributed by atoms with E-state index in [2.05, 4.69) is 86.8 Å². The van der Waals surface area contributed by atoms with Gasteiger partial charge in [0, 0.05) is 12.8 Å². The van der Waals surface area contributed by atoms with Gasteiger partial charge in [0.25, 0.3) is 0 Å². The molecule has 0 rings (SSSR count).